The predicted molar refractivity (Wildman–Crippen MR) is 54.8 cm³/mol. The Morgan fingerprint density at radius 2 is 2.14 bits per heavy atom. The molecule has 0 aliphatic carbocycles. The van der Waals surface area contributed by atoms with Crippen LogP contribution in [-0.2, 0) is 4.74 Å². The molecular weight excluding hydrogens is 180 g/mol. The summed E-state index contributed by atoms with van der Waals surface area (Å²) in [6.07, 6.45) is -0.467. The number of hydrogen-bond acceptors (Lipinski definition) is 4. The van der Waals surface area contributed by atoms with Crippen molar-refractivity contribution in [1.29, 1.82) is 5.26 Å². The zero-order chi connectivity index (χ0) is 11.0. The molecule has 0 spiro atoms. The van der Waals surface area contributed by atoms with Crippen LogP contribution < -0.4 is 0 Å². The number of ether oxygens (including phenoxy) is 1. The van der Waals surface area contributed by atoms with E-state index in [2.05, 4.69) is 6.07 Å². The molecule has 0 aromatic carbocycles. The van der Waals surface area contributed by atoms with Gasteiger partial charge >= 0.3 is 0 Å². The van der Waals surface area contributed by atoms with Gasteiger partial charge in [-0.25, -0.2) is 0 Å². The van der Waals surface area contributed by atoms with Gasteiger partial charge < -0.3 is 14.7 Å². The van der Waals surface area contributed by atoms with Gasteiger partial charge in [-0.15, -0.1) is 0 Å². The summed E-state index contributed by atoms with van der Waals surface area (Å²) >= 11 is 0. The third-order valence-electron chi connectivity index (χ3n) is 1.84. The second kappa shape index (κ2) is 7.74. The number of rotatable bonds is 7. The van der Waals surface area contributed by atoms with E-state index in [9.17, 15) is 5.11 Å². The largest absolute Gasteiger partial charge is 0.389 e. The molecule has 0 amide bonds. The van der Waals surface area contributed by atoms with Gasteiger partial charge in [0.15, 0.2) is 0 Å². The fourth-order valence-corrected chi connectivity index (χ4v) is 1.25. The molecular formula is C10H20N2O2. The van der Waals surface area contributed by atoms with E-state index in [1.54, 1.807) is 0 Å². The maximum atomic E-state index is 9.49. The van der Waals surface area contributed by atoms with Crippen LogP contribution in [0.15, 0.2) is 0 Å². The highest BCUT2D eigenvalue weighted by Crippen LogP contribution is 1.97. The second-order valence-electron chi connectivity index (χ2n) is 3.56. The number of aliphatic hydroxyl groups excluding tert-OH is 1. The average molecular weight is 200 g/mol. The summed E-state index contributed by atoms with van der Waals surface area (Å²) in [5.41, 5.74) is 0. The van der Waals surface area contributed by atoms with Crippen molar-refractivity contribution < 1.29 is 9.84 Å². The Morgan fingerprint density at radius 1 is 1.50 bits per heavy atom. The van der Waals surface area contributed by atoms with Crippen molar-refractivity contribution in [1.82, 2.24) is 4.90 Å². The minimum Gasteiger partial charge on any atom is -0.389 e. The summed E-state index contributed by atoms with van der Waals surface area (Å²) in [5, 5.41) is 18.1. The fraction of sp³-hybridized carbons (Fsp3) is 0.900. The van der Waals surface area contributed by atoms with E-state index in [4.69, 9.17) is 10.00 Å². The van der Waals surface area contributed by atoms with E-state index in [1.165, 1.54) is 0 Å². The lowest BCUT2D eigenvalue weighted by molar-refractivity contribution is 0.0246. The summed E-state index contributed by atoms with van der Waals surface area (Å²) in [6.45, 7) is 5.97. The first-order valence-electron chi connectivity index (χ1n) is 4.94. The number of likely N-dealkylation sites (N-methyl/N-ethyl adjacent to an activating group) is 1. The molecule has 1 N–H and O–H groups in total. The van der Waals surface area contributed by atoms with Crippen molar-refractivity contribution in [3.63, 3.8) is 0 Å². The van der Waals surface area contributed by atoms with Gasteiger partial charge in [-0.1, -0.05) is 0 Å². The lowest BCUT2D eigenvalue weighted by Gasteiger charge is -2.21. The van der Waals surface area contributed by atoms with Crippen LogP contribution in [0.25, 0.3) is 0 Å². The van der Waals surface area contributed by atoms with Gasteiger partial charge in [0.05, 0.1) is 24.7 Å². The quantitative estimate of drug-likeness (QED) is 0.649. The van der Waals surface area contributed by atoms with Crippen LogP contribution in [0.2, 0.25) is 0 Å². The second-order valence-corrected chi connectivity index (χ2v) is 3.56. The van der Waals surface area contributed by atoms with Gasteiger partial charge in [-0.3, -0.25) is 0 Å². The van der Waals surface area contributed by atoms with Crippen molar-refractivity contribution >= 4 is 0 Å². The SMILES string of the molecule is CCOCC(O)CN(C)CC(C)C#N. The lowest BCUT2D eigenvalue weighted by Crippen LogP contribution is -2.34. The Bertz CT molecular complexity index is 179. The van der Waals surface area contributed by atoms with Gasteiger partial charge in [-0.05, 0) is 20.9 Å². The topological polar surface area (TPSA) is 56.5 Å². The molecule has 4 heteroatoms. The van der Waals surface area contributed by atoms with Crippen LogP contribution in [0, 0.1) is 17.2 Å². The molecule has 2 unspecified atom stereocenters. The Hall–Kier alpha value is -0.630. The highest BCUT2D eigenvalue weighted by molar-refractivity contribution is 4.81. The van der Waals surface area contributed by atoms with Gasteiger partial charge in [0, 0.05) is 19.7 Å². The number of nitriles is 1. The van der Waals surface area contributed by atoms with Gasteiger partial charge in [0.25, 0.3) is 0 Å². The molecule has 0 rings (SSSR count). The third kappa shape index (κ3) is 6.84. The standard InChI is InChI=1S/C10H20N2O2/c1-4-14-8-10(13)7-12(3)6-9(2)5-11/h9-10,13H,4,6-8H2,1-3H3. The van der Waals surface area contributed by atoms with Crippen LogP contribution in [-0.4, -0.2) is 49.5 Å². The predicted octanol–water partition coefficient (Wildman–Crippen LogP) is 0.475. The Balaban J connectivity index is 3.60. The Labute approximate surface area is 86.1 Å². The van der Waals surface area contributed by atoms with Crippen molar-refractivity contribution in [2.24, 2.45) is 5.92 Å². The normalized spacial score (nSPS) is 15.1. The van der Waals surface area contributed by atoms with E-state index in [1.807, 2.05) is 25.8 Å². The molecule has 0 aliphatic heterocycles. The van der Waals surface area contributed by atoms with E-state index >= 15 is 0 Å². The summed E-state index contributed by atoms with van der Waals surface area (Å²) < 4.78 is 5.09. The zero-order valence-corrected chi connectivity index (χ0v) is 9.23. The molecule has 14 heavy (non-hydrogen) atoms. The van der Waals surface area contributed by atoms with Crippen molar-refractivity contribution in [2.45, 2.75) is 20.0 Å². The average Bonchev–Trinajstić information content (AvgIpc) is 2.14. The number of nitrogens with zero attached hydrogens (tertiary/aromatic N) is 2. The van der Waals surface area contributed by atoms with Crippen molar-refractivity contribution in [3.05, 3.63) is 0 Å². The molecule has 4 nitrogen and oxygen atoms in total. The molecule has 2 atom stereocenters. The minimum absolute atomic E-state index is 0.000654. The minimum atomic E-state index is -0.467. The molecule has 0 bridgehead atoms. The van der Waals surface area contributed by atoms with E-state index in [0.717, 1.165) is 0 Å². The van der Waals surface area contributed by atoms with Gasteiger partial charge in [-0.2, -0.15) is 5.26 Å². The van der Waals surface area contributed by atoms with Gasteiger partial charge in [0.1, 0.15) is 0 Å². The van der Waals surface area contributed by atoms with E-state index in [0.29, 0.717) is 26.3 Å². The molecule has 0 heterocycles. The van der Waals surface area contributed by atoms with Gasteiger partial charge in [0.2, 0.25) is 0 Å². The molecule has 0 saturated carbocycles. The molecule has 0 aliphatic rings. The molecule has 0 aromatic rings. The Morgan fingerprint density at radius 3 is 2.64 bits per heavy atom. The molecule has 0 saturated heterocycles. The van der Waals surface area contributed by atoms with E-state index in [-0.39, 0.29) is 5.92 Å². The molecule has 0 fully saturated rings. The van der Waals surface area contributed by atoms with E-state index < -0.39 is 6.10 Å². The fourth-order valence-electron chi connectivity index (χ4n) is 1.25. The van der Waals surface area contributed by atoms with Crippen molar-refractivity contribution in [3.8, 4) is 6.07 Å². The zero-order valence-electron chi connectivity index (χ0n) is 9.23. The first-order valence-corrected chi connectivity index (χ1v) is 4.94. The van der Waals surface area contributed by atoms with Crippen LogP contribution in [0.1, 0.15) is 13.8 Å². The maximum Gasteiger partial charge on any atom is 0.0900 e. The summed E-state index contributed by atoms with van der Waals surface area (Å²) in [7, 11) is 1.89. The summed E-state index contributed by atoms with van der Waals surface area (Å²) in [5.74, 6) is -0.000654. The molecule has 0 aromatic heterocycles. The number of aliphatic hydroxyl groups is 1. The summed E-state index contributed by atoms with van der Waals surface area (Å²) in [4.78, 5) is 1.94. The lowest BCUT2D eigenvalue weighted by atomic mass is 10.2. The highest BCUT2D eigenvalue weighted by Gasteiger charge is 2.10. The van der Waals surface area contributed by atoms with Crippen molar-refractivity contribution in [2.75, 3.05) is 33.4 Å². The smallest absolute Gasteiger partial charge is 0.0900 e. The van der Waals surface area contributed by atoms with Crippen LogP contribution in [0.3, 0.4) is 0 Å². The molecule has 0 radical (unpaired) electrons. The maximum absolute atomic E-state index is 9.49. The highest BCUT2D eigenvalue weighted by atomic mass is 16.5. The first-order chi connectivity index (χ1) is 6.60. The van der Waals surface area contributed by atoms with Crippen LogP contribution in [0.5, 0.6) is 0 Å². The van der Waals surface area contributed by atoms with Crippen LogP contribution in [0.4, 0.5) is 0 Å². The third-order valence-corrected chi connectivity index (χ3v) is 1.84. The monoisotopic (exact) mass is 200 g/mol. The molecule has 82 valence electrons. The summed E-state index contributed by atoms with van der Waals surface area (Å²) in [6, 6.07) is 2.16. The number of hydrogen-bond donors (Lipinski definition) is 1. The Kier molecular flexibility index (Phi) is 7.40. The van der Waals surface area contributed by atoms with Crippen LogP contribution >= 0.6 is 0 Å². The first kappa shape index (κ1) is 13.4.